The summed E-state index contributed by atoms with van der Waals surface area (Å²) in [6, 6.07) is 8.35. The van der Waals surface area contributed by atoms with Gasteiger partial charge in [0.15, 0.2) is 0 Å². The second kappa shape index (κ2) is 23.4. The number of esters is 4. The van der Waals surface area contributed by atoms with Crippen molar-refractivity contribution in [3.8, 4) is 11.5 Å². The first-order valence-corrected chi connectivity index (χ1v) is 14.8. The summed E-state index contributed by atoms with van der Waals surface area (Å²) in [6.45, 7) is 4.32. The van der Waals surface area contributed by atoms with Gasteiger partial charge < -0.3 is 56.8 Å². The van der Waals surface area contributed by atoms with E-state index in [1.54, 1.807) is 36.4 Å². The summed E-state index contributed by atoms with van der Waals surface area (Å²) < 4.78 is 18.7. The number of carbonyl (C=O) groups excluding carboxylic acids is 5. The molecule has 0 saturated heterocycles. The van der Waals surface area contributed by atoms with Crippen LogP contribution < -0.4 is 32.0 Å². The van der Waals surface area contributed by atoms with Gasteiger partial charge in [-0.25, -0.2) is 4.79 Å². The minimum Gasteiger partial charge on any atom is -0.480 e. The van der Waals surface area contributed by atoms with Crippen molar-refractivity contribution in [1.29, 1.82) is 0 Å². The summed E-state index contributed by atoms with van der Waals surface area (Å²) in [6.07, 6.45) is 0.247. The maximum absolute atomic E-state index is 11.9. The molecule has 0 fully saturated rings. The van der Waals surface area contributed by atoms with Crippen LogP contribution in [0.2, 0.25) is 0 Å². The number of nitrogens with one attached hydrogen (secondary N) is 1. The Morgan fingerprint density at radius 2 is 0.922 bits per heavy atom. The van der Waals surface area contributed by atoms with Gasteiger partial charge >= 0.3 is 41.8 Å². The van der Waals surface area contributed by atoms with Crippen molar-refractivity contribution >= 4 is 47.7 Å². The van der Waals surface area contributed by atoms with Crippen molar-refractivity contribution in [3.05, 3.63) is 59.7 Å². The second-order valence-electron chi connectivity index (χ2n) is 10.4. The van der Waals surface area contributed by atoms with E-state index in [4.69, 9.17) is 36.9 Å². The Morgan fingerprint density at radius 1 is 0.549 bits per heavy atom. The average molecular weight is 723 g/mol. The molecule has 0 aromatic heterocycles. The zero-order chi connectivity index (χ0) is 39.3. The maximum Gasteiger partial charge on any atom is 0.326 e. The Hall–Kier alpha value is -5.92. The van der Waals surface area contributed by atoms with Crippen LogP contribution in [0.5, 0.6) is 11.5 Å². The average Bonchev–Trinajstić information content (AvgIpc) is 3.03. The fourth-order valence-corrected chi connectivity index (χ4v) is 3.34. The molecule has 2 rings (SSSR count). The molecule has 0 aliphatic rings. The van der Waals surface area contributed by atoms with E-state index in [1.165, 1.54) is 39.8 Å². The number of carbonyl (C=O) groups is 8. The van der Waals surface area contributed by atoms with Crippen molar-refractivity contribution in [2.45, 2.75) is 64.7 Å². The molecule has 10 N–H and O–H groups in total. The van der Waals surface area contributed by atoms with Gasteiger partial charge in [-0.15, -0.1) is 0 Å². The van der Waals surface area contributed by atoms with Gasteiger partial charge in [-0.05, 0) is 41.8 Å². The van der Waals surface area contributed by atoms with Crippen molar-refractivity contribution in [2.24, 2.45) is 17.2 Å². The first kappa shape index (κ1) is 45.1. The first-order chi connectivity index (χ1) is 23.7. The number of rotatable bonds is 15. The van der Waals surface area contributed by atoms with Crippen molar-refractivity contribution in [2.75, 3.05) is 13.2 Å². The number of nitrogens with two attached hydrogens (primary N) is 3. The molecule has 0 aliphatic heterocycles. The molecule has 0 heterocycles. The third-order valence-electron chi connectivity index (χ3n) is 5.78. The molecule has 0 saturated carbocycles. The summed E-state index contributed by atoms with van der Waals surface area (Å²) in [7, 11) is 0. The first-order valence-electron chi connectivity index (χ1n) is 14.8. The van der Waals surface area contributed by atoms with Crippen molar-refractivity contribution in [1.82, 2.24) is 5.32 Å². The zero-order valence-electron chi connectivity index (χ0n) is 28.2. The van der Waals surface area contributed by atoms with Gasteiger partial charge in [0.05, 0.1) is 0 Å². The van der Waals surface area contributed by atoms with Gasteiger partial charge in [-0.3, -0.25) is 33.6 Å². The number of aliphatic carboxylic acids is 3. The minimum absolute atomic E-state index is 0.00170. The summed E-state index contributed by atoms with van der Waals surface area (Å²) in [5, 5.41) is 28.3. The van der Waals surface area contributed by atoms with Crippen molar-refractivity contribution in [3.63, 3.8) is 0 Å². The van der Waals surface area contributed by atoms with Gasteiger partial charge in [0.1, 0.15) is 48.9 Å². The maximum atomic E-state index is 11.9. The fraction of sp³-hybridized carbons (Fsp3) is 0.375. The van der Waals surface area contributed by atoms with Crippen LogP contribution in [-0.4, -0.2) is 100 Å². The van der Waals surface area contributed by atoms with Crippen LogP contribution >= 0.6 is 0 Å². The molecule has 0 radical (unpaired) electrons. The van der Waals surface area contributed by atoms with Crippen LogP contribution in [0, 0.1) is 0 Å². The molecule has 19 heteroatoms. The Bertz CT molecular complexity index is 1500. The quantitative estimate of drug-likeness (QED) is 0.0868. The number of hydrogen-bond acceptors (Lipinski definition) is 15. The van der Waals surface area contributed by atoms with Gasteiger partial charge in [-0.1, -0.05) is 24.3 Å². The highest BCUT2D eigenvalue weighted by molar-refractivity contribution is 5.87. The molecule has 2 aromatic rings. The van der Waals surface area contributed by atoms with Crippen LogP contribution in [0.4, 0.5) is 0 Å². The molecule has 19 nitrogen and oxygen atoms in total. The highest BCUT2D eigenvalue weighted by Crippen LogP contribution is 2.15. The van der Waals surface area contributed by atoms with Crippen LogP contribution in [-0.2, 0) is 60.7 Å². The summed E-state index contributed by atoms with van der Waals surface area (Å²) >= 11 is 0. The topological polar surface area (TPSA) is 324 Å². The molecular formula is C32H42N4O15. The third-order valence-corrected chi connectivity index (χ3v) is 5.78. The largest absolute Gasteiger partial charge is 0.480 e. The predicted octanol–water partition coefficient (Wildman–Crippen LogP) is -0.858. The van der Waals surface area contributed by atoms with E-state index in [0.717, 1.165) is 5.56 Å². The lowest BCUT2D eigenvalue weighted by atomic mass is 10.1. The van der Waals surface area contributed by atoms with E-state index < -0.39 is 71.9 Å². The number of hydrogen-bond donors (Lipinski definition) is 7. The van der Waals surface area contributed by atoms with Crippen molar-refractivity contribution < 1.29 is 72.6 Å². The highest BCUT2D eigenvalue weighted by atomic mass is 16.5. The molecule has 51 heavy (non-hydrogen) atoms. The standard InChI is InChI=1S/C16H20N2O7.C11H13NO4.C5H9NO4/c1-9(19)24-8-13(17)15(21)18-14(16(22)23)7-11-3-5-12(6-4-11)25-10(2)20;1-7(13)16-9-4-2-8(3-5-9)6-10(12)11(14)15;1-3(7)10-2-4(6)5(8)9/h3-6,13-14H,7-8,17H2,1-2H3,(H,18,21)(H,22,23);2-5,10H,6,12H2,1H3,(H,14,15);4H,2,6H2,1H3,(H,8,9)/t13-,14-;10-;4-/m000/s1. The molecule has 0 bridgehead atoms. The van der Waals surface area contributed by atoms with E-state index in [9.17, 15) is 43.5 Å². The lowest BCUT2D eigenvalue weighted by Gasteiger charge is -2.18. The lowest BCUT2D eigenvalue weighted by Crippen LogP contribution is -2.51. The number of benzene rings is 2. The van der Waals surface area contributed by atoms with E-state index in [-0.39, 0.29) is 26.1 Å². The van der Waals surface area contributed by atoms with Gasteiger partial charge in [0.25, 0.3) is 0 Å². The molecule has 0 unspecified atom stereocenters. The molecule has 4 atom stereocenters. The van der Waals surface area contributed by atoms with E-state index in [1.807, 2.05) is 0 Å². The zero-order valence-corrected chi connectivity index (χ0v) is 28.2. The molecule has 2 aromatic carbocycles. The number of amides is 1. The van der Waals surface area contributed by atoms with Crippen LogP contribution in [0.3, 0.4) is 0 Å². The minimum atomic E-state index is -1.24. The Balaban J connectivity index is 0.000000819. The smallest absolute Gasteiger partial charge is 0.326 e. The SMILES string of the molecule is CC(=O)OC[C@H](N)C(=O)N[C@@H](Cc1ccc(OC(C)=O)cc1)C(=O)O.CC(=O)OC[C@H](N)C(=O)O.CC(=O)Oc1ccc(C[C@H](N)C(=O)O)cc1. The third kappa shape index (κ3) is 21.6. The molecule has 0 aliphatic carbocycles. The normalized spacial score (nSPS) is 12.3. The van der Waals surface area contributed by atoms with Crippen LogP contribution in [0.15, 0.2) is 48.5 Å². The Kier molecular flexibility index (Phi) is 20.7. The van der Waals surface area contributed by atoms with Crippen LogP contribution in [0.25, 0.3) is 0 Å². The Morgan fingerprint density at radius 3 is 1.25 bits per heavy atom. The summed E-state index contributed by atoms with van der Waals surface area (Å²) in [5.74, 6) is -5.42. The van der Waals surface area contributed by atoms with Gasteiger partial charge in [-0.2, -0.15) is 0 Å². The molecule has 0 spiro atoms. The number of carboxylic acid groups (broad SMARTS) is 3. The fourth-order valence-electron chi connectivity index (χ4n) is 3.34. The van der Waals surface area contributed by atoms with Gasteiger partial charge in [0.2, 0.25) is 5.91 Å². The summed E-state index contributed by atoms with van der Waals surface area (Å²) in [4.78, 5) is 86.0. The second-order valence-corrected chi connectivity index (χ2v) is 10.4. The highest BCUT2D eigenvalue weighted by Gasteiger charge is 2.24. The van der Waals surface area contributed by atoms with Crippen LogP contribution in [0.1, 0.15) is 38.8 Å². The van der Waals surface area contributed by atoms with E-state index in [0.29, 0.717) is 17.1 Å². The van der Waals surface area contributed by atoms with Gasteiger partial charge in [0, 0.05) is 34.1 Å². The molecular weight excluding hydrogens is 680 g/mol. The summed E-state index contributed by atoms with van der Waals surface area (Å²) in [5.41, 5.74) is 17.3. The van der Waals surface area contributed by atoms with E-state index >= 15 is 0 Å². The van der Waals surface area contributed by atoms with E-state index in [2.05, 4.69) is 14.8 Å². The Labute approximate surface area is 291 Å². The molecule has 280 valence electrons. The predicted molar refractivity (Wildman–Crippen MR) is 175 cm³/mol. The monoisotopic (exact) mass is 722 g/mol. The number of carboxylic acids is 3. The lowest BCUT2D eigenvalue weighted by molar-refractivity contribution is -0.146. The number of ether oxygens (including phenoxy) is 4. The molecule has 1 amide bonds.